The first-order valence-electron chi connectivity index (χ1n) is 13.1. The zero-order chi connectivity index (χ0) is 26.2. The molecule has 10 heteroatoms. The molecule has 0 spiro atoms. The molecule has 206 valence electrons. The van der Waals surface area contributed by atoms with Crippen molar-refractivity contribution in [1.29, 1.82) is 0 Å². The van der Waals surface area contributed by atoms with E-state index in [1.165, 1.54) is 51.9 Å². The normalized spacial score (nSPS) is 14.1. The topological polar surface area (TPSA) is 131 Å². The molecule has 0 aliphatic carbocycles. The van der Waals surface area contributed by atoms with Gasteiger partial charge in [0.2, 0.25) is 5.91 Å². The first-order chi connectivity index (χ1) is 16.8. The average molecular weight is 522 g/mol. The zero-order valence-corrected chi connectivity index (χ0v) is 22.6. The van der Waals surface area contributed by atoms with Crippen LogP contribution in [-0.2, 0) is 27.9 Å². The molecule has 0 saturated heterocycles. The fourth-order valence-electron chi connectivity index (χ4n) is 3.26. The number of aliphatic hydroxyl groups is 1. The van der Waals surface area contributed by atoms with Crippen molar-refractivity contribution < 1.29 is 37.9 Å². The number of ether oxygens (including phenoxy) is 1. The van der Waals surface area contributed by atoms with Gasteiger partial charge in [0.1, 0.15) is 12.7 Å². The zero-order valence-electron chi connectivity index (χ0n) is 21.8. The molecule has 0 fully saturated rings. The second-order valence-electron chi connectivity index (χ2n) is 8.75. The highest BCUT2D eigenvalue weighted by Gasteiger charge is 2.23. The first-order valence-corrected chi connectivity index (χ1v) is 14.6. The van der Waals surface area contributed by atoms with E-state index < -0.39 is 26.5 Å². The van der Waals surface area contributed by atoms with Crippen LogP contribution in [0.5, 0.6) is 0 Å². The van der Waals surface area contributed by atoms with Crippen molar-refractivity contribution in [3.05, 3.63) is 12.2 Å². The molecule has 0 heterocycles. The van der Waals surface area contributed by atoms with Crippen LogP contribution in [-0.4, -0.2) is 54.3 Å². The van der Waals surface area contributed by atoms with E-state index in [0.29, 0.717) is 0 Å². The highest BCUT2D eigenvalue weighted by molar-refractivity contribution is 7.47. The molecule has 0 aromatic rings. The van der Waals surface area contributed by atoms with E-state index >= 15 is 0 Å². The van der Waals surface area contributed by atoms with Crippen LogP contribution in [0.2, 0.25) is 0 Å². The smallest absolute Gasteiger partial charge is 0.463 e. The summed E-state index contributed by atoms with van der Waals surface area (Å²) in [5, 5.41) is 12.2. The molecule has 0 radical (unpaired) electrons. The van der Waals surface area contributed by atoms with E-state index in [-0.39, 0.29) is 32.1 Å². The number of aliphatic hydroxyl groups excluding tert-OH is 1. The Morgan fingerprint density at radius 2 is 1.46 bits per heavy atom. The molecule has 35 heavy (non-hydrogen) atoms. The summed E-state index contributed by atoms with van der Waals surface area (Å²) >= 11 is 0. The highest BCUT2D eigenvalue weighted by atomic mass is 31.2. The number of nitrogens with one attached hydrogen (secondary N) is 1. The summed E-state index contributed by atoms with van der Waals surface area (Å²) in [6.07, 6.45) is 19.0. The number of rotatable bonds is 24. The van der Waals surface area contributed by atoms with Crippen LogP contribution in [0.4, 0.5) is 0 Å². The number of amides is 1. The van der Waals surface area contributed by atoms with E-state index in [4.69, 9.17) is 4.74 Å². The molecule has 0 aromatic heterocycles. The van der Waals surface area contributed by atoms with Crippen molar-refractivity contribution in [2.75, 3.05) is 26.4 Å². The number of esters is 1. The molecule has 0 aromatic carbocycles. The van der Waals surface area contributed by atoms with E-state index in [0.717, 1.165) is 38.5 Å². The fourth-order valence-corrected chi connectivity index (χ4v) is 4.01. The van der Waals surface area contributed by atoms with Crippen molar-refractivity contribution in [3.8, 4) is 0 Å². The Morgan fingerprint density at radius 3 is 2.06 bits per heavy atom. The Hall–Kier alpha value is -1.25. The molecule has 0 bridgehead atoms. The SMILES string of the molecule is CCCCCCCC/C=C\CCCCCCCC(=O)OCC(O)COP(=O)(O)OCCNC(C)=O. The molecule has 1 amide bonds. The van der Waals surface area contributed by atoms with Gasteiger partial charge in [0.15, 0.2) is 0 Å². The fraction of sp³-hybridized carbons (Fsp3) is 0.840. The van der Waals surface area contributed by atoms with Crippen molar-refractivity contribution >= 4 is 19.7 Å². The summed E-state index contributed by atoms with van der Waals surface area (Å²) in [5.74, 6) is -0.707. The quantitative estimate of drug-likeness (QED) is 0.0684. The van der Waals surface area contributed by atoms with Crippen LogP contribution in [0.1, 0.15) is 104 Å². The van der Waals surface area contributed by atoms with E-state index in [1.807, 2.05) is 0 Å². The van der Waals surface area contributed by atoms with Gasteiger partial charge >= 0.3 is 13.8 Å². The third-order valence-electron chi connectivity index (χ3n) is 5.24. The Kier molecular flexibility index (Phi) is 22.3. The minimum atomic E-state index is -4.36. The number of hydrogen-bond donors (Lipinski definition) is 3. The second kappa shape index (κ2) is 23.2. The highest BCUT2D eigenvalue weighted by Crippen LogP contribution is 2.42. The average Bonchev–Trinajstić information content (AvgIpc) is 2.81. The molecular weight excluding hydrogens is 473 g/mol. The summed E-state index contributed by atoms with van der Waals surface area (Å²) in [6, 6.07) is 0. The summed E-state index contributed by atoms with van der Waals surface area (Å²) < 4.78 is 25.9. The van der Waals surface area contributed by atoms with Crippen LogP contribution < -0.4 is 5.32 Å². The number of carbonyl (C=O) groups excluding carboxylic acids is 2. The van der Waals surface area contributed by atoms with Crippen molar-refractivity contribution in [2.45, 2.75) is 110 Å². The lowest BCUT2D eigenvalue weighted by atomic mass is 10.1. The van der Waals surface area contributed by atoms with Crippen LogP contribution >= 0.6 is 7.82 Å². The van der Waals surface area contributed by atoms with E-state index in [2.05, 4.69) is 33.4 Å². The predicted octanol–water partition coefficient (Wildman–Crippen LogP) is 5.20. The number of allylic oxidation sites excluding steroid dienone is 2. The summed E-state index contributed by atoms with van der Waals surface area (Å²) in [6.45, 7) is 2.55. The monoisotopic (exact) mass is 521 g/mol. The maximum Gasteiger partial charge on any atom is 0.472 e. The molecular formula is C25H48NO8P. The Labute approximate surface area is 211 Å². The van der Waals surface area contributed by atoms with Crippen LogP contribution in [0.25, 0.3) is 0 Å². The van der Waals surface area contributed by atoms with Gasteiger partial charge in [0.25, 0.3) is 0 Å². The third kappa shape index (κ3) is 25.6. The van der Waals surface area contributed by atoms with Gasteiger partial charge in [-0.2, -0.15) is 0 Å². The minimum absolute atomic E-state index is 0.0553. The molecule has 2 atom stereocenters. The van der Waals surface area contributed by atoms with Crippen LogP contribution in [0.3, 0.4) is 0 Å². The maximum absolute atomic E-state index is 11.8. The van der Waals surface area contributed by atoms with Crippen molar-refractivity contribution in [3.63, 3.8) is 0 Å². The number of carbonyl (C=O) groups is 2. The lowest BCUT2D eigenvalue weighted by Gasteiger charge is -2.15. The van der Waals surface area contributed by atoms with Gasteiger partial charge in [0.05, 0.1) is 13.2 Å². The van der Waals surface area contributed by atoms with E-state index in [1.54, 1.807) is 0 Å². The number of phosphoric acid groups is 1. The molecule has 9 nitrogen and oxygen atoms in total. The Balaban J connectivity index is 3.57. The van der Waals surface area contributed by atoms with Gasteiger partial charge < -0.3 is 20.1 Å². The second-order valence-corrected chi connectivity index (χ2v) is 10.2. The van der Waals surface area contributed by atoms with Gasteiger partial charge in [0, 0.05) is 19.9 Å². The van der Waals surface area contributed by atoms with Gasteiger partial charge in [-0.3, -0.25) is 18.6 Å². The molecule has 3 N–H and O–H groups in total. The summed E-state index contributed by atoms with van der Waals surface area (Å²) in [5.41, 5.74) is 0. The number of hydrogen-bond acceptors (Lipinski definition) is 7. The van der Waals surface area contributed by atoms with Crippen LogP contribution in [0.15, 0.2) is 12.2 Å². The Bertz CT molecular complexity index is 614. The van der Waals surface area contributed by atoms with Gasteiger partial charge in [-0.1, -0.05) is 70.4 Å². The summed E-state index contributed by atoms with van der Waals surface area (Å²) in [7, 11) is -4.36. The molecule has 0 aliphatic rings. The number of unbranched alkanes of at least 4 members (excludes halogenated alkanes) is 11. The lowest BCUT2D eigenvalue weighted by molar-refractivity contribution is -0.147. The van der Waals surface area contributed by atoms with Crippen LogP contribution in [0, 0.1) is 0 Å². The first kappa shape index (κ1) is 33.8. The minimum Gasteiger partial charge on any atom is -0.463 e. The van der Waals surface area contributed by atoms with Gasteiger partial charge in [-0.05, 0) is 32.1 Å². The maximum atomic E-state index is 11.8. The van der Waals surface area contributed by atoms with Gasteiger partial charge in [-0.25, -0.2) is 4.57 Å². The molecule has 0 saturated carbocycles. The lowest BCUT2D eigenvalue weighted by Crippen LogP contribution is -2.25. The standard InChI is InChI=1S/C25H48NO8P/c1-3-4-5-6-7-8-9-10-11-12-13-14-15-16-17-18-25(29)32-21-24(28)22-34-35(30,31)33-20-19-26-23(2)27/h10-11,24,28H,3-9,12-22H2,1-2H3,(H,26,27)(H,30,31)/b11-10-. The van der Waals surface area contributed by atoms with Gasteiger partial charge in [-0.15, -0.1) is 0 Å². The molecule has 0 aliphatic heterocycles. The van der Waals surface area contributed by atoms with Crippen molar-refractivity contribution in [2.24, 2.45) is 0 Å². The Morgan fingerprint density at radius 1 is 0.886 bits per heavy atom. The molecule has 2 unspecified atom stereocenters. The predicted molar refractivity (Wildman–Crippen MR) is 137 cm³/mol. The van der Waals surface area contributed by atoms with Crippen molar-refractivity contribution in [1.82, 2.24) is 5.32 Å². The molecule has 0 rings (SSSR count). The summed E-state index contributed by atoms with van der Waals surface area (Å²) in [4.78, 5) is 32.0. The van der Waals surface area contributed by atoms with E-state index in [9.17, 15) is 24.2 Å². The number of phosphoric ester groups is 1. The third-order valence-corrected chi connectivity index (χ3v) is 6.22. The largest absolute Gasteiger partial charge is 0.472 e.